The van der Waals surface area contributed by atoms with Gasteiger partial charge in [0.1, 0.15) is 0 Å². The lowest BCUT2D eigenvalue weighted by Crippen LogP contribution is -2.22. The van der Waals surface area contributed by atoms with Crippen LogP contribution in [0.15, 0.2) is 45.4 Å². The fraction of sp³-hybridized carbons (Fsp3) is 0.133. The number of benzene rings is 2. The molecule has 0 spiro atoms. The molecule has 5 nitrogen and oxygen atoms in total. The maximum Gasteiger partial charge on any atom is 0.251 e. The van der Waals surface area contributed by atoms with E-state index in [0.29, 0.717) is 17.3 Å². The van der Waals surface area contributed by atoms with Crippen LogP contribution in [0.1, 0.15) is 22.1 Å². The summed E-state index contributed by atoms with van der Waals surface area (Å²) in [5.41, 5.74) is 0.598. The van der Waals surface area contributed by atoms with Crippen molar-refractivity contribution >= 4 is 32.6 Å². The van der Waals surface area contributed by atoms with Gasteiger partial charge in [0, 0.05) is 10.0 Å². The van der Waals surface area contributed by atoms with Gasteiger partial charge in [-0.15, -0.1) is 0 Å². The molecule has 2 aromatic carbocycles. The van der Waals surface area contributed by atoms with Crippen molar-refractivity contribution in [2.45, 2.75) is 13.5 Å². The number of carbonyl (C=O) groups excluding carboxylic acids is 1. The van der Waals surface area contributed by atoms with E-state index < -0.39 is 0 Å². The predicted molar refractivity (Wildman–Crippen MR) is 81.9 cm³/mol. The average Bonchev–Trinajstić information content (AvgIpc) is 2.90. The van der Waals surface area contributed by atoms with E-state index in [-0.39, 0.29) is 12.5 Å². The molecule has 0 aliphatic rings. The van der Waals surface area contributed by atoms with Crippen molar-refractivity contribution in [2.75, 3.05) is 0 Å². The predicted octanol–water partition coefficient (Wildman–Crippen LogP) is 3.22. The fourth-order valence-electron chi connectivity index (χ4n) is 2.03. The molecule has 1 amide bonds. The number of nitrogens with zero attached hydrogens (tertiary/aromatic N) is 2. The first-order valence-electron chi connectivity index (χ1n) is 6.38. The van der Waals surface area contributed by atoms with E-state index in [9.17, 15) is 4.79 Å². The molecule has 0 radical (unpaired) electrons. The van der Waals surface area contributed by atoms with Gasteiger partial charge in [-0.05, 0) is 42.0 Å². The second-order valence-electron chi connectivity index (χ2n) is 4.62. The Morgan fingerprint density at radius 3 is 2.76 bits per heavy atom. The Morgan fingerprint density at radius 1 is 1.24 bits per heavy atom. The molecule has 1 heterocycles. The van der Waals surface area contributed by atoms with Gasteiger partial charge in [0.2, 0.25) is 5.89 Å². The van der Waals surface area contributed by atoms with E-state index in [1.54, 1.807) is 13.0 Å². The molecule has 6 heteroatoms. The molecule has 3 aromatic rings. The van der Waals surface area contributed by atoms with Crippen LogP contribution < -0.4 is 5.32 Å². The molecular weight excluding hydrogens is 334 g/mol. The summed E-state index contributed by atoms with van der Waals surface area (Å²) in [6.07, 6.45) is 0. The molecule has 0 fully saturated rings. The van der Waals surface area contributed by atoms with Crippen LogP contribution in [0.25, 0.3) is 10.8 Å². The molecule has 0 aliphatic carbocycles. The van der Waals surface area contributed by atoms with Crippen LogP contribution in [0.2, 0.25) is 0 Å². The van der Waals surface area contributed by atoms with Crippen LogP contribution in [0.5, 0.6) is 0 Å². The highest BCUT2D eigenvalue weighted by atomic mass is 79.9. The lowest BCUT2D eigenvalue weighted by molar-refractivity contribution is 0.0946. The minimum absolute atomic E-state index is 0.171. The summed E-state index contributed by atoms with van der Waals surface area (Å²) in [4.78, 5) is 16.2. The second kappa shape index (κ2) is 5.65. The van der Waals surface area contributed by atoms with E-state index in [4.69, 9.17) is 4.52 Å². The number of aryl methyl sites for hydroxylation is 1. The summed E-state index contributed by atoms with van der Waals surface area (Å²) < 4.78 is 5.97. The SMILES string of the molecule is Cc1noc(CNC(=O)c2ccc3cc(Br)ccc3c2)n1. The van der Waals surface area contributed by atoms with Gasteiger partial charge < -0.3 is 9.84 Å². The molecule has 0 aliphatic heterocycles. The van der Waals surface area contributed by atoms with Crippen molar-refractivity contribution in [2.24, 2.45) is 0 Å². The third kappa shape index (κ3) is 3.11. The van der Waals surface area contributed by atoms with Crippen LogP contribution in [-0.2, 0) is 6.54 Å². The second-order valence-corrected chi connectivity index (χ2v) is 5.54. The first kappa shape index (κ1) is 13.8. The summed E-state index contributed by atoms with van der Waals surface area (Å²) in [7, 11) is 0. The number of halogens is 1. The zero-order valence-electron chi connectivity index (χ0n) is 11.3. The molecule has 0 atom stereocenters. The van der Waals surface area contributed by atoms with Crippen molar-refractivity contribution in [3.05, 3.63) is 58.1 Å². The van der Waals surface area contributed by atoms with Crippen LogP contribution in [0.3, 0.4) is 0 Å². The molecule has 1 N–H and O–H groups in total. The van der Waals surface area contributed by atoms with Crippen molar-refractivity contribution in [3.8, 4) is 0 Å². The lowest BCUT2D eigenvalue weighted by atomic mass is 10.1. The Labute approximate surface area is 129 Å². The Morgan fingerprint density at radius 2 is 2.00 bits per heavy atom. The largest absolute Gasteiger partial charge is 0.343 e. The number of hydrogen-bond acceptors (Lipinski definition) is 4. The number of nitrogens with one attached hydrogen (secondary N) is 1. The number of rotatable bonds is 3. The smallest absolute Gasteiger partial charge is 0.251 e. The Hall–Kier alpha value is -2.21. The van der Waals surface area contributed by atoms with Gasteiger partial charge in [0.15, 0.2) is 5.82 Å². The van der Waals surface area contributed by atoms with Crippen LogP contribution in [0, 0.1) is 6.92 Å². The third-order valence-electron chi connectivity index (χ3n) is 3.03. The van der Waals surface area contributed by atoms with Gasteiger partial charge in [-0.2, -0.15) is 4.98 Å². The normalized spacial score (nSPS) is 10.8. The highest BCUT2D eigenvalue weighted by molar-refractivity contribution is 9.10. The van der Waals surface area contributed by atoms with Crippen LogP contribution in [-0.4, -0.2) is 16.0 Å². The molecular formula is C15H12BrN3O2. The van der Waals surface area contributed by atoms with Crippen molar-refractivity contribution in [1.29, 1.82) is 0 Å². The van der Waals surface area contributed by atoms with E-state index in [0.717, 1.165) is 15.2 Å². The number of amides is 1. The minimum atomic E-state index is -0.171. The Balaban J connectivity index is 1.76. The Kier molecular flexibility index (Phi) is 3.70. The summed E-state index contributed by atoms with van der Waals surface area (Å²) in [5, 5.41) is 8.53. The molecule has 106 valence electrons. The van der Waals surface area contributed by atoms with E-state index >= 15 is 0 Å². The highest BCUT2D eigenvalue weighted by Crippen LogP contribution is 2.21. The molecule has 3 rings (SSSR count). The topological polar surface area (TPSA) is 68.0 Å². The van der Waals surface area contributed by atoms with Crippen LogP contribution >= 0.6 is 15.9 Å². The van der Waals surface area contributed by atoms with E-state index in [1.165, 1.54) is 0 Å². The summed E-state index contributed by atoms with van der Waals surface area (Å²) in [6, 6.07) is 11.5. The van der Waals surface area contributed by atoms with Gasteiger partial charge in [-0.3, -0.25) is 4.79 Å². The monoisotopic (exact) mass is 345 g/mol. The summed E-state index contributed by atoms with van der Waals surface area (Å²) in [5.74, 6) is 0.775. The van der Waals surface area contributed by atoms with Gasteiger partial charge >= 0.3 is 0 Å². The van der Waals surface area contributed by atoms with Crippen molar-refractivity contribution < 1.29 is 9.32 Å². The number of hydrogen-bond donors (Lipinski definition) is 1. The number of fused-ring (bicyclic) bond motifs is 1. The zero-order valence-corrected chi connectivity index (χ0v) is 12.8. The molecule has 0 saturated carbocycles. The maximum absolute atomic E-state index is 12.1. The third-order valence-corrected chi connectivity index (χ3v) is 3.53. The van der Waals surface area contributed by atoms with Crippen LogP contribution in [0.4, 0.5) is 0 Å². The minimum Gasteiger partial charge on any atom is -0.343 e. The fourth-order valence-corrected chi connectivity index (χ4v) is 2.41. The first-order chi connectivity index (χ1) is 10.1. The average molecular weight is 346 g/mol. The number of carbonyl (C=O) groups is 1. The lowest BCUT2D eigenvalue weighted by Gasteiger charge is -2.04. The van der Waals surface area contributed by atoms with Crippen molar-refractivity contribution in [1.82, 2.24) is 15.5 Å². The van der Waals surface area contributed by atoms with E-state index in [1.807, 2.05) is 30.3 Å². The van der Waals surface area contributed by atoms with Gasteiger partial charge in [-0.25, -0.2) is 0 Å². The van der Waals surface area contributed by atoms with Gasteiger partial charge in [-0.1, -0.05) is 33.2 Å². The molecule has 0 saturated heterocycles. The van der Waals surface area contributed by atoms with Gasteiger partial charge in [0.05, 0.1) is 6.54 Å². The maximum atomic E-state index is 12.1. The molecule has 21 heavy (non-hydrogen) atoms. The van der Waals surface area contributed by atoms with E-state index in [2.05, 4.69) is 31.4 Å². The number of aromatic nitrogens is 2. The standard InChI is InChI=1S/C15H12BrN3O2/c1-9-18-14(21-19-9)8-17-15(20)12-3-2-11-7-13(16)5-4-10(11)6-12/h2-7H,8H2,1H3,(H,17,20). The zero-order chi connectivity index (χ0) is 14.8. The molecule has 0 bridgehead atoms. The quantitative estimate of drug-likeness (QED) is 0.791. The van der Waals surface area contributed by atoms with Crippen molar-refractivity contribution in [3.63, 3.8) is 0 Å². The molecule has 1 aromatic heterocycles. The first-order valence-corrected chi connectivity index (χ1v) is 7.18. The highest BCUT2D eigenvalue weighted by Gasteiger charge is 2.09. The van der Waals surface area contributed by atoms with Gasteiger partial charge in [0.25, 0.3) is 5.91 Å². The molecule has 0 unspecified atom stereocenters. The summed E-state index contributed by atoms with van der Waals surface area (Å²) >= 11 is 3.43. The summed E-state index contributed by atoms with van der Waals surface area (Å²) in [6.45, 7) is 1.95. The Bertz CT molecular complexity index is 814.